The molecule has 2 atom stereocenters. The quantitative estimate of drug-likeness (QED) is 0.794. The first kappa shape index (κ1) is 15.9. The highest BCUT2D eigenvalue weighted by molar-refractivity contribution is 5.97. The van der Waals surface area contributed by atoms with Crippen LogP contribution in [-0.2, 0) is 11.8 Å². The van der Waals surface area contributed by atoms with E-state index in [-0.39, 0.29) is 18.0 Å². The van der Waals surface area contributed by atoms with Gasteiger partial charge in [-0.3, -0.25) is 19.7 Å². The van der Waals surface area contributed by atoms with Crippen molar-refractivity contribution < 1.29 is 9.21 Å². The summed E-state index contributed by atoms with van der Waals surface area (Å²) in [7, 11) is 1.86. The second kappa shape index (κ2) is 6.37. The van der Waals surface area contributed by atoms with Crippen LogP contribution in [0, 0.1) is 0 Å². The van der Waals surface area contributed by atoms with Crippen LogP contribution in [0.25, 0.3) is 11.0 Å². The number of aryl methyl sites for hydroxylation is 1. The minimum Gasteiger partial charge on any atom is -0.459 e. The Kier molecular flexibility index (Phi) is 4.05. The fraction of sp³-hybridized carbons (Fsp3) is 0.368. The van der Waals surface area contributed by atoms with Crippen molar-refractivity contribution >= 4 is 22.7 Å². The number of anilines is 1. The molecular weight excluding hydrogens is 316 g/mol. The van der Waals surface area contributed by atoms with Crippen LogP contribution < -0.4 is 10.2 Å². The molecule has 1 aliphatic heterocycles. The summed E-state index contributed by atoms with van der Waals surface area (Å²) in [6, 6.07) is 11.6. The number of rotatable bonds is 4. The normalized spacial score (nSPS) is 19.5. The summed E-state index contributed by atoms with van der Waals surface area (Å²) in [6.07, 6.45) is 3.64. The lowest BCUT2D eigenvalue weighted by molar-refractivity contribution is -0.122. The van der Waals surface area contributed by atoms with E-state index in [9.17, 15) is 4.79 Å². The molecule has 1 aromatic carbocycles. The topological polar surface area (TPSA) is 63.3 Å². The molecule has 4 rings (SSSR count). The molecular formula is C19H22N4O2. The molecule has 0 bridgehead atoms. The maximum absolute atomic E-state index is 12.9. The average molecular weight is 338 g/mol. The van der Waals surface area contributed by atoms with E-state index in [1.165, 1.54) is 0 Å². The predicted octanol–water partition coefficient (Wildman–Crippen LogP) is 3.01. The molecule has 3 aromatic rings. The van der Waals surface area contributed by atoms with Gasteiger partial charge < -0.3 is 4.42 Å². The van der Waals surface area contributed by atoms with Gasteiger partial charge in [0.2, 0.25) is 5.91 Å². The number of carbonyl (C=O) groups excluding carboxylic acids is 1. The standard InChI is InChI=1S/C19H22N4O2/c1-13(17-12-14-6-3-4-8-16(14)25-17)20-15-7-5-10-23(19(15)24)18-9-11-22(2)21-18/h3-4,6,8-9,11-13,15,20H,5,7,10H2,1-2H3. The first-order valence-corrected chi connectivity index (χ1v) is 8.67. The van der Waals surface area contributed by atoms with E-state index >= 15 is 0 Å². The number of hydrogen-bond acceptors (Lipinski definition) is 4. The van der Waals surface area contributed by atoms with Crippen LogP contribution >= 0.6 is 0 Å². The van der Waals surface area contributed by atoms with Crippen LogP contribution in [0.2, 0.25) is 0 Å². The van der Waals surface area contributed by atoms with E-state index in [1.54, 1.807) is 9.58 Å². The third-order valence-electron chi connectivity index (χ3n) is 4.74. The summed E-state index contributed by atoms with van der Waals surface area (Å²) >= 11 is 0. The molecule has 0 aliphatic carbocycles. The number of nitrogens with zero attached hydrogens (tertiary/aromatic N) is 3. The molecule has 0 saturated carbocycles. The summed E-state index contributed by atoms with van der Waals surface area (Å²) in [6.45, 7) is 2.75. The Bertz CT molecular complexity index is 865. The van der Waals surface area contributed by atoms with Crippen molar-refractivity contribution in [3.05, 3.63) is 48.4 Å². The van der Waals surface area contributed by atoms with Crippen molar-refractivity contribution in [2.45, 2.75) is 31.8 Å². The lowest BCUT2D eigenvalue weighted by Crippen LogP contribution is -2.51. The number of fused-ring (bicyclic) bond motifs is 1. The molecule has 1 aliphatic rings. The van der Waals surface area contributed by atoms with E-state index in [0.717, 1.165) is 35.4 Å². The van der Waals surface area contributed by atoms with Gasteiger partial charge in [0, 0.05) is 31.2 Å². The van der Waals surface area contributed by atoms with Gasteiger partial charge in [0.15, 0.2) is 5.82 Å². The number of benzene rings is 1. The number of piperidine rings is 1. The van der Waals surface area contributed by atoms with E-state index < -0.39 is 0 Å². The number of aromatic nitrogens is 2. The van der Waals surface area contributed by atoms with Crippen molar-refractivity contribution in [3.63, 3.8) is 0 Å². The van der Waals surface area contributed by atoms with Crippen LogP contribution in [0.4, 0.5) is 5.82 Å². The van der Waals surface area contributed by atoms with Gasteiger partial charge in [-0.25, -0.2) is 0 Å². The Labute approximate surface area is 146 Å². The minimum atomic E-state index is -0.223. The smallest absolute Gasteiger partial charge is 0.245 e. The lowest BCUT2D eigenvalue weighted by Gasteiger charge is -2.32. The van der Waals surface area contributed by atoms with Crippen LogP contribution in [0.1, 0.15) is 31.6 Å². The number of furan rings is 1. The zero-order valence-corrected chi connectivity index (χ0v) is 14.5. The Balaban J connectivity index is 1.50. The third kappa shape index (κ3) is 3.05. The SMILES string of the molecule is CC(NC1CCCN(c2ccn(C)n2)C1=O)c1cc2ccccc2o1. The Morgan fingerprint density at radius 3 is 2.92 bits per heavy atom. The van der Waals surface area contributed by atoms with E-state index in [4.69, 9.17) is 4.42 Å². The first-order chi connectivity index (χ1) is 12.1. The van der Waals surface area contributed by atoms with Crippen LogP contribution in [-0.4, -0.2) is 28.3 Å². The summed E-state index contributed by atoms with van der Waals surface area (Å²) in [4.78, 5) is 14.6. The minimum absolute atomic E-state index is 0.0370. The number of carbonyl (C=O) groups is 1. The van der Waals surface area contributed by atoms with Gasteiger partial charge in [-0.15, -0.1) is 0 Å². The van der Waals surface area contributed by atoms with Crippen molar-refractivity contribution in [3.8, 4) is 0 Å². The molecule has 0 radical (unpaired) electrons. The van der Waals surface area contributed by atoms with Crippen LogP contribution in [0.5, 0.6) is 0 Å². The Morgan fingerprint density at radius 2 is 2.16 bits per heavy atom. The van der Waals surface area contributed by atoms with Gasteiger partial charge in [0.05, 0.1) is 12.1 Å². The number of nitrogens with one attached hydrogen (secondary N) is 1. The Hall–Kier alpha value is -2.60. The van der Waals surface area contributed by atoms with Crippen molar-refractivity contribution in [1.82, 2.24) is 15.1 Å². The molecule has 1 amide bonds. The van der Waals surface area contributed by atoms with Crippen molar-refractivity contribution in [1.29, 1.82) is 0 Å². The highest BCUT2D eigenvalue weighted by Gasteiger charge is 2.32. The molecule has 1 N–H and O–H groups in total. The monoisotopic (exact) mass is 338 g/mol. The molecule has 130 valence electrons. The van der Waals surface area contributed by atoms with Gasteiger partial charge in [0.25, 0.3) is 0 Å². The third-order valence-corrected chi connectivity index (χ3v) is 4.74. The first-order valence-electron chi connectivity index (χ1n) is 8.67. The number of para-hydroxylation sites is 1. The fourth-order valence-electron chi connectivity index (χ4n) is 3.40. The van der Waals surface area contributed by atoms with Crippen LogP contribution in [0.15, 0.2) is 47.0 Å². The molecule has 6 nitrogen and oxygen atoms in total. The van der Waals surface area contributed by atoms with Gasteiger partial charge >= 0.3 is 0 Å². The Morgan fingerprint density at radius 1 is 1.32 bits per heavy atom. The molecule has 25 heavy (non-hydrogen) atoms. The zero-order chi connectivity index (χ0) is 17.4. The molecule has 0 spiro atoms. The van der Waals surface area contributed by atoms with E-state index in [1.807, 2.05) is 56.6 Å². The lowest BCUT2D eigenvalue weighted by atomic mass is 10.0. The highest BCUT2D eigenvalue weighted by Crippen LogP contribution is 2.26. The van der Waals surface area contributed by atoms with Gasteiger partial charge in [-0.1, -0.05) is 18.2 Å². The predicted molar refractivity (Wildman–Crippen MR) is 96.3 cm³/mol. The van der Waals surface area contributed by atoms with E-state index in [0.29, 0.717) is 6.54 Å². The summed E-state index contributed by atoms with van der Waals surface area (Å²) in [5.41, 5.74) is 0.872. The summed E-state index contributed by atoms with van der Waals surface area (Å²) < 4.78 is 7.64. The number of hydrogen-bond donors (Lipinski definition) is 1. The van der Waals surface area contributed by atoms with Crippen LogP contribution in [0.3, 0.4) is 0 Å². The highest BCUT2D eigenvalue weighted by atomic mass is 16.3. The van der Waals surface area contributed by atoms with Crippen molar-refractivity contribution in [2.75, 3.05) is 11.4 Å². The molecule has 3 heterocycles. The summed E-state index contributed by atoms with van der Waals surface area (Å²) in [5.74, 6) is 1.65. The largest absolute Gasteiger partial charge is 0.459 e. The second-order valence-corrected chi connectivity index (χ2v) is 6.61. The molecule has 6 heteroatoms. The maximum Gasteiger partial charge on any atom is 0.245 e. The van der Waals surface area contributed by atoms with Crippen molar-refractivity contribution in [2.24, 2.45) is 7.05 Å². The molecule has 2 aromatic heterocycles. The van der Waals surface area contributed by atoms with Gasteiger partial charge in [0.1, 0.15) is 11.3 Å². The van der Waals surface area contributed by atoms with Gasteiger partial charge in [-0.2, -0.15) is 5.10 Å². The molecule has 1 fully saturated rings. The fourth-order valence-corrected chi connectivity index (χ4v) is 3.40. The maximum atomic E-state index is 12.9. The number of amides is 1. The van der Waals surface area contributed by atoms with E-state index in [2.05, 4.69) is 10.4 Å². The summed E-state index contributed by atoms with van der Waals surface area (Å²) in [5, 5.41) is 8.87. The zero-order valence-electron chi connectivity index (χ0n) is 14.5. The molecule has 1 saturated heterocycles. The average Bonchev–Trinajstić information content (AvgIpc) is 3.23. The second-order valence-electron chi connectivity index (χ2n) is 6.61. The van der Waals surface area contributed by atoms with Gasteiger partial charge in [-0.05, 0) is 31.9 Å². The molecule has 2 unspecified atom stereocenters.